The molecule has 5 rings (SSSR count). The molecular weight excluding hydrogens is 428 g/mol. The van der Waals surface area contributed by atoms with E-state index < -0.39 is 11.4 Å². The topological polar surface area (TPSA) is 104 Å². The summed E-state index contributed by atoms with van der Waals surface area (Å²) in [6.07, 6.45) is 8.12. The fraction of sp³-hybridized carbons (Fsp3) is 0.591. The van der Waals surface area contributed by atoms with E-state index in [0.29, 0.717) is 24.2 Å². The van der Waals surface area contributed by atoms with Crippen LogP contribution in [-0.4, -0.2) is 67.8 Å². The van der Waals surface area contributed by atoms with E-state index >= 15 is 0 Å². The van der Waals surface area contributed by atoms with Gasteiger partial charge in [0.05, 0.1) is 5.39 Å². The smallest absolute Gasteiger partial charge is 0.341 e. The van der Waals surface area contributed by atoms with E-state index in [4.69, 9.17) is 12.2 Å². The third-order valence-electron chi connectivity index (χ3n) is 7.27. The number of pyridine rings is 1. The summed E-state index contributed by atoms with van der Waals surface area (Å²) in [7, 11) is 0. The van der Waals surface area contributed by atoms with Gasteiger partial charge < -0.3 is 24.8 Å². The molecule has 170 valence electrons. The van der Waals surface area contributed by atoms with Crippen LogP contribution in [-0.2, 0) is 6.54 Å². The molecule has 10 heteroatoms. The van der Waals surface area contributed by atoms with Crippen LogP contribution in [0.1, 0.15) is 43.0 Å². The van der Waals surface area contributed by atoms with Gasteiger partial charge in [-0.15, -0.1) is 0 Å². The van der Waals surface area contributed by atoms with Gasteiger partial charge >= 0.3 is 5.97 Å². The summed E-state index contributed by atoms with van der Waals surface area (Å²) >= 11 is 5.70. The molecule has 3 heterocycles. The lowest BCUT2D eigenvalue weighted by Crippen LogP contribution is -2.54. The van der Waals surface area contributed by atoms with Crippen LogP contribution in [0.15, 0.2) is 17.2 Å². The highest BCUT2D eigenvalue weighted by molar-refractivity contribution is 7.80. The lowest BCUT2D eigenvalue weighted by Gasteiger charge is -2.37. The van der Waals surface area contributed by atoms with Crippen molar-refractivity contribution in [1.82, 2.24) is 24.8 Å². The molecule has 3 fully saturated rings. The summed E-state index contributed by atoms with van der Waals surface area (Å²) in [5.41, 5.74) is -0.352. The largest absolute Gasteiger partial charge is 0.477 e. The van der Waals surface area contributed by atoms with E-state index in [0.717, 1.165) is 43.1 Å². The van der Waals surface area contributed by atoms with Gasteiger partial charge in [0, 0.05) is 51.2 Å². The molecule has 3 atom stereocenters. The number of rotatable bonds is 4. The van der Waals surface area contributed by atoms with Crippen LogP contribution >= 0.6 is 12.2 Å². The number of hydrogen-bond donors (Lipinski definition) is 2. The molecular formula is C22H28N6O3S. The summed E-state index contributed by atoms with van der Waals surface area (Å²) < 4.78 is 1.69. The number of aromatic carboxylic acids is 1. The fourth-order valence-electron chi connectivity index (χ4n) is 5.49. The molecule has 0 unspecified atom stereocenters. The van der Waals surface area contributed by atoms with E-state index in [-0.39, 0.29) is 10.9 Å². The number of fused-ring (bicyclic) bond motifs is 3. The van der Waals surface area contributed by atoms with Gasteiger partial charge in [-0.25, -0.2) is 9.78 Å². The van der Waals surface area contributed by atoms with Crippen LogP contribution in [0.3, 0.4) is 0 Å². The molecule has 0 aromatic carbocycles. The van der Waals surface area contributed by atoms with E-state index in [2.05, 4.69) is 25.1 Å². The maximum Gasteiger partial charge on any atom is 0.341 e. The van der Waals surface area contributed by atoms with Gasteiger partial charge in [-0.05, 0) is 50.2 Å². The second-order valence-electron chi connectivity index (χ2n) is 9.08. The SMILES string of the molecule is CCn1cc(C(=O)O)c(=O)c2cnc(N3CCN(C(=S)N[C@@H]4C[C@H]5CC[C@H]4C5)CC3)nc21. The quantitative estimate of drug-likeness (QED) is 0.665. The molecule has 9 nitrogen and oxygen atoms in total. The number of anilines is 1. The standard InChI is InChI=1S/C22H28N6O3S/c1-2-26-12-16(20(30)31)18(29)15-11-23-21(25-19(15)26)27-5-7-28(8-6-27)22(32)24-17-10-13-3-4-14(17)9-13/h11-14,17H,2-10H2,1H3,(H,24,32)(H,30,31)/t13-,14-,17+/m0/s1. The predicted octanol–water partition coefficient (Wildman–Crippen LogP) is 1.69. The summed E-state index contributed by atoms with van der Waals surface area (Å²) in [6.45, 7) is 5.42. The van der Waals surface area contributed by atoms with Gasteiger partial charge in [0.25, 0.3) is 0 Å². The van der Waals surface area contributed by atoms with Crippen LogP contribution in [0, 0.1) is 11.8 Å². The van der Waals surface area contributed by atoms with Gasteiger partial charge in [-0.1, -0.05) is 6.42 Å². The Morgan fingerprint density at radius 2 is 2.03 bits per heavy atom. The highest BCUT2D eigenvalue weighted by atomic mass is 32.1. The Morgan fingerprint density at radius 1 is 1.25 bits per heavy atom. The Hall–Kier alpha value is -2.75. The third kappa shape index (κ3) is 3.70. The average molecular weight is 457 g/mol. The number of carboxylic acid groups (broad SMARTS) is 1. The summed E-state index contributed by atoms with van der Waals surface area (Å²) in [6, 6.07) is 0.532. The molecule has 32 heavy (non-hydrogen) atoms. The summed E-state index contributed by atoms with van der Waals surface area (Å²) in [5, 5.41) is 14.0. The maximum absolute atomic E-state index is 12.5. The minimum Gasteiger partial charge on any atom is -0.477 e. The highest BCUT2D eigenvalue weighted by Gasteiger charge is 2.40. The minimum atomic E-state index is -1.24. The van der Waals surface area contributed by atoms with Gasteiger partial charge in [0.15, 0.2) is 5.11 Å². The van der Waals surface area contributed by atoms with Crippen molar-refractivity contribution in [2.45, 2.75) is 45.2 Å². The number of aromatic nitrogens is 3. The number of nitrogens with one attached hydrogen (secondary N) is 1. The average Bonchev–Trinajstić information content (AvgIpc) is 3.42. The second kappa shape index (κ2) is 8.31. The van der Waals surface area contributed by atoms with Crippen molar-refractivity contribution in [1.29, 1.82) is 0 Å². The van der Waals surface area contributed by atoms with Crippen LogP contribution < -0.4 is 15.6 Å². The summed E-state index contributed by atoms with van der Waals surface area (Å²) in [5.74, 6) is 0.973. The maximum atomic E-state index is 12.5. The van der Waals surface area contributed by atoms with Crippen LogP contribution in [0.25, 0.3) is 11.0 Å². The molecule has 0 amide bonds. The van der Waals surface area contributed by atoms with Gasteiger partial charge in [0.1, 0.15) is 11.2 Å². The van der Waals surface area contributed by atoms with Gasteiger partial charge in [-0.3, -0.25) is 4.79 Å². The number of nitrogens with zero attached hydrogens (tertiary/aromatic N) is 5. The van der Waals surface area contributed by atoms with Crippen molar-refractivity contribution in [2.75, 3.05) is 31.1 Å². The van der Waals surface area contributed by atoms with Crippen LogP contribution in [0.5, 0.6) is 0 Å². The molecule has 2 saturated carbocycles. The van der Waals surface area contributed by atoms with Crippen molar-refractivity contribution in [3.8, 4) is 0 Å². The van der Waals surface area contributed by atoms with Gasteiger partial charge in [0.2, 0.25) is 11.4 Å². The van der Waals surface area contributed by atoms with E-state index in [9.17, 15) is 14.7 Å². The Bertz CT molecular complexity index is 1130. The zero-order valence-corrected chi connectivity index (χ0v) is 19.0. The number of carbonyl (C=O) groups is 1. The van der Waals surface area contributed by atoms with Crippen LogP contribution in [0.2, 0.25) is 0 Å². The first-order valence-electron chi connectivity index (χ1n) is 11.4. The highest BCUT2D eigenvalue weighted by Crippen LogP contribution is 2.44. The Balaban J connectivity index is 1.28. The van der Waals surface area contributed by atoms with Crippen molar-refractivity contribution < 1.29 is 9.90 Å². The number of piperazine rings is 1. The number of hydrogen-bond acceptors (Lipinski definition) is 6. The second-order valence-corrected chi connectivity index (χ2v) is 9.46. The molecule has 2 aromatic heterocycles. The van der Waals surface area contributed by atoms with Crippen molar-refractivity contribution in [2.24, 2.45) is 11.8 Å². The first-order valence-corrected chi connectivity index (χ1v) is 11.8. The minimum absolute atomic E-state index is 0.227. The molecule has 0 spiro atoms. The molecule has 0 radical (unpaired) electrons. The van der Waals surface area contributed by atoms with E-state index in [1.807, 2.05) is 6.92 Å². The first-order chi connectivity index (χ1) is 15.4. The monoisotopic (exact) mass is 456 g/mol. The molecule has 2 aromatic rings. The Kier molecular flexibility index (Phi) is 5.48. The lowest BCUT2D eigenvalue weighted by atomic mass is 9.95. The third-order valence-corrected chi connectivity index (χ3v) is 7.65. The van der Waals surface area contributed by atoms with E-state index in [1.165, 1.54) is 38.1 Å². The number of thiocarbonyl (C=S) groups is 1. The molecule has 2 aliphatic carbocycles. The van der Waals surface area contributed by atoms with Crippen molar-refractivity contribution in [3.05, 3.63) is 28.2 Å². The number of carboxylic acids is 1. The zero-order chi connectivity index (χ0) is 22.4. The van der Waals surface area contributed by atoms with E-state index in [1.54, 1.807) is 4.57 Å². The molecule has 3 aliphatic rings. The predicted molar refractivity (Wildman–Crippen MR) is 125 cm³/mol. The molecule has 1 aliphatic heterocycles. The normalized spacial score (nSPS) is 24.8. The first kappa shape index (κ1) is 21.1. The lowest BCUT2D eigenvalue weighted by molar-refractivity contribution is 0.0695. The Labute approximate surface area is 191 Å². The Morgan fingerprint density at radius 3 is 2.66 bits per heavy atom. The van der Waals surface area contributed by atoms with Crippen molar-refractivity contribution in [3.63, 3.8) is 0 Å². The van der Waals surface area contributed by atoms with Crippen LogP contribution in [0.4, 0.5) is 5.95 Å². The fourth-order valence-corrected chi connectivity index (χ4v) is 5.82. The zero-order valence-electron chi connectivity index (χ0n) is 18.2. The number of aryl methyl sites for hydroxylation is 1. The van der Waals surface area contributed by atoms with Crippen molar-refractivity contribution >= 4 is 40.3 Å². The molecule has 2 bridgehead atoms. The molecule has 2 N–H and O–H groups in total. The molecule has 1 saturated heterocycles. The summed E-state index contributed by atoms with van der Waals surface area (Å²) in [4.78, 5) is 37.2. The van der Waals surface area contributed by atoms with Gasteiger partial charge in [-0.2, -0.15) is 4.98 Å².